The zero-order valence-electron chi connectivity index (χ0n) is 8.47. The molecule has 2 rings (SSSR count). The summed E-state index contributed by atoms with van der Waals surface area (Å²) < 4.78 is 0. The average Bonchev–Trinajstić information content (AvgIpc) is 2.19. The van der Waals surface area contributed by atoms with Crippen LogP contribution in [0, 0.1) is 11.8 Å². The van der Waals surface area contributed by atoms with Gasteiger partial charge >= 0.3 is 0 Å². The largest absolute Gasteiger partial charge is 0.0891 e. The molecule has 76 valence electrons. The van der Waals surface area contributed by atoms with Gasteiger partial charge in [0.1, 0.15) is 0 Å². The molecule has 0 aliphatic heterocycles. The van der Waals surface area contributed by atoms with Gasteiger partial charge in [0.2, 0.25) is 0 Å². The Balaban J connectivity index is 1.83. The van der Waals surface area contributed by atoms with E-state index in [1.54, 1.807) is 0 Å². The van der Waals surface area contributed by atoms with Crippen molar-refractivity contribution >= 4 is 15.9 Å². The van der Waals surface area contributed by atoms with Crippen LogP contribution in [0.4, 0.5) is 0 Å². The summed E-state index contributed by atoms with van der Waals surface area (Å²) in [6.45, 7) is 0. The summed E-state index contributed by atoms with van der Waals surface area (Å²) in [5, 5.41) is 0. The van der Waals surface area contributed by atoms with Crippen molar-refractivity contribution in [3.05, 3.63) is 0 Å². The summed E-state index contributed by atoms with van der Waals surface area (Å²) >= 11 is 3.80. The molecule has 0 saturated heterocycles. The van der Waals surface area contributed by atoms with Crippen molar-refractivity contribution in [1.29, 1.82) is 0 Å². The van der Waals surface area contributed by atoms with Crippen LogP contribution in [0.15, 0.2) is 0 Å². The molecule has 2 aliphatic carbocycles. The predicted molar refractivity (Wildman–Crippen MR) is 61.2 cm³/mol. The van der Waals surface area contributed by atoms with Gasteiger partial charge in [-0.1, -0.05) is 60.9 Å². The summed E-state index contributed by atoms with van der Waals surface area (Å²) in [6.07, 6.45) is 13.5. The molecular weight excluding hydrogens is 224 g/mol. The molecule has 2 saturated carbocycles. The van der Waals surface area contributed by atoms with Crippen molar-refractivity contribution in [2.45, 2.75) is 62.6 Å². The Hall–Kier alpha value is 0.480. The minimum Gasteiger partial charge on any atom is -0.0891 e. The van der Waals surface area contributed by atoms with E-state index in [1.165, 1.54) is 57.8 Å². The first kappa shape index (κ1) is 10.0. The first-order valence-corrected chi connectivity index (χ1v) is 6.92. The first-order valence-electron chi connectivity index (χ1n) is 6.00. The number of hydrogen-bond donors (Lipinski definition) is 0. The summed E-state index contributed by atoms with van der Waals surface area (Å²) in [7, 11) is 0. The molecule has 2 aliphatic rings. The molecule has 0 aromatic heterocycles. The van der Waals surface area contributed by atoms with Crippen molar-refractivity contribution in [1.82, 2.24) is 0 Å². The lowest BCUT2D eigenvalue weighted by atomic mass is 9.73. The van der Waals surface area contributed by atoms with Crippen molar-refractivity contribution in [3.8, 4) is 0 Å². The normalized spacial score (nSPS) is 37.6. The Morgan fingerprint density at radius 2 is 1.38 bits per heavy atom. The van der Waals surface area contributed by atoms with E-state index >= 15 is 0 Å². The minimum absolute atomic E-state index is 0.841. The van der Waals surface area contributed by atoms with E-state index in [9.17, 15) is 0 Å². The number of rotatable bonds is 1. The summed E-state index contributed by atoms with van der Waals surface area (Å²) in [5.74, 6) is 2.16. The lowest BCUT2D eigenvalue weighted by molar-refractivity contribution is 0.200. The lowest BCUT2D eigenvalue weighted by Crippen LogP contribution is -2.24. The second-order valence-electron chi connectivity index (χ2n) is 4.92. The van der Waals surface area contributed by atoms with Crippen molar-refractivity contribution < 1.29 is 0 Å². The molecule has 2 unspecified atom stereocenters. The summed E-state index contributed by atoms with van der Waals surface area (Å²) in [6, 6.07) is 0. The fraction of sp³-hybridized carbons (Fsp3) is 1.00. The van der Waals surface area contributed by atoms with E-state index < -0.39 is 0 Å². The van der Waals surface area contributed by atoms with Gasteiger partial charge in [-0.2, -0.15) is 0 Å². The van der Waals surface area contributed by atoms with E-state index in [1.807, 2.05) is 0 Å². The van der Waals surface area contributed by atoms with Crippen LogP contribution in [-0.4, -0.2) is 4.83 Å². The quantitative estimate of drug-likeness (QED) is 0.596. The third kappa shape index (κ3) is 2.71. The second kappa shape index (κ2) is 4.82. The standard InChI is InChI=1S/C12H21Br/c13-12-8-4-7-11(9-12)10-5-2-1-3-6-10/h10-12H,1-9H2. The zero-order valence-corrected chi connectivity index (χ0v) is 10.1. The predicted octanol–water partition coefficient (Wildman–Crippen LogP) is 4.52. The number of hydrogen-bond acceptors (Lipinski definition) is 0. The van der Waals surface area contributed by atoms with Crippen LogP contribution in [0.25, 0.3) is 0 Å². The van der Waals surface area contributed by atoms with Gasteiger partial charge in [0.15, 0.2) is 0 Å². The molecule has 0 N–H and O–H groups in total. The van der Waals surface area contributed by atoms with Gasteiger partial charge in [-0.15, -0.1) is 0 Å². The maximum absolute atomic E-state index is 3.80. The zero-order chi connectivity index (χ0) is 9.10. The Labute approximate surface area is 90.6 Å². The maximum Gasteiger partial charge on any atom is 0.0148 e. The molecule has 0 aromatic rings. The third-order valence-corrected chi connectivity index (χ3v) is 4.80. The fourth-order valence-electron chi connectivity index (χ4n) is 3.20. The van der Waals surface area contributed by atoms with E-state index in [2.05, 4.69) is 15.9 Å². The second-order valence-corrected chi connectivity index (χ2v) is 6.22. The lowest BCUT2D eigenvalue weighted by Gasteiger charge is -2.34. The topological polar surface area (TPSA) is 0 Å². The first-order chi connectivity index (χ1) is 6.36. The van der Waals surface area contributed by atoms with E-state index in [4.69, 9.17) is 0 Å². The molecular formula is C12H21Br. The molecule has 0 heterocycles. The van der Waals surface area contributed by atoms with Crippen molar-refractivity contribution in [2.75, 3.05) is 0 Å². The smallest absolute Gasteiger partial charge is 0.0148 e. The molecule has 0 aromatic carbocycles. The Morgan fingerprint density at radius 3 is 2.08 bits per heavy atom. The van der Waals surface area contributed by atoms with E-state index in [-0.39, 0.29) is 0 Å². The molecule has 1 heteroatoms. The molecule has 0 amide bonds. The molecule has 2 fully saturated rings. The van der Waals surface area contributed by atoms with E-state index in [0.29, 0.717) is 0 Å². The van der Waals surface area contributed by atoms with Gasteiger partial charge in [0.25, 0.3) is 0 Å². The maximum atomic E-state index is 3.80. The molecule has 0 radical (unpaired) electrons. The van der Waals surface area contributed by atoms with Gasteiger partial charge in [0, 0.05) is 4.83 Å². The Bertz CT molecular complexity index is 149. The summed E-state index contributed by atoms with van der Waals surface area (Å²) in [4.78, 5) is 0.841. The van der Waals surface area contributed by atoms with Gasteiger partial charge in [-0.3, -0.25) is 0 Å². The highest BCUT2D eigenvalue weighted by Crippen LogP contribution is 2.39. The SMILES string of the molecule is BrC1CCCC(C2CCCCC2)C1. The van der Waals surface area contributed by atoms with Crippen LogP contribution in [0.1, 0.15) is 57.8 Å². The van der Waals surface area contributed by atoms with Crippen LogP contribution < -0.4 is 0 Å². The van der Waals surface area contributed by atoms with Crippen LogP contribution in [0.2, 0.25) is 0 Å². The number of halogens is 1. The monoisotopic (exact) mass is 244 g/mol. The average molecular weight is 245 g/mol. The highest BCUT2D eigenvalue weighted by Gasteiger charge is 2.27. The molecule has 13 heavy (non-hydrogen) atoms. The highest BCUT2D eigenvalue weighted by atomic mass is 79.9. The van der Waals surface area contributed by atoms with Crippen LogP contribution >= 0.6 is 15.9 Å². The molecule has 0 bridgehead atoms. The van der Waals surface area contributed by atoms with Gasteiger partial charge in [-0.25, -0.2) is 0 Å². The van der Waals surface area contributed by atoms with Gasteiger partial charge in [0.05, 0.1) is 0 Å². The third-order valence-electron chi connectivity index (χ3n) is 3.97. The molecule has 2 atom stereocenters. The summed E-state index contributed by atoms with van der Waals surface area (Å²) in [5.41, 5.74) is 0. The van der Waals surface area contributed by atoms with Crippen LogP contribution in [0.3, 0.4) is 0 Å². The van der Waals surface area contributed by atoms with Crippen LogP contribution in [0.5, 0.6) is 0 Å². The molecule has 0 spiro atoms. The van der Waals surface area contributed by atoms with Crippen molar-refractivity contribution in [2.24, 2.45) is 11.8 Å². The highest BCUT2D eigenvalue weighted by molar-refractivity contribution is 9.09. The Kier molecular flexibility index (Phi) is 3.71. The van der Waals surface area contributed by atoms with Crippen molar-refractivity contribution in [3.63, 3.8) is 0 Å². The fourth-order valence-corrected chi connectivity index (χ4v) is 4.00. The van der Waals surface area contributed by atoms with Gasteiger partial charge < -0.3 is 0 Å². The molecule has 0 nitrogen and oxygen atoms in total. The van der Waals surface area contributed by atoms with Gasteiger partial charge in [-0.05, 0) is 24.7 Å². The number of alkyl halides is 1. The Morgan fingerprint density at radius 1 is 0.692 bits per heavy atom. The minimum atomic E-state index is 0.841. The van der Waals surface area contributed by atoms with Crippen LogP contribution in [-0.2, 0) is 0 Å². The van der Waals surface area contributed by atoms with E-state index in [0.717, 1.165) is 16.7 Å².